The van der Waals surface area contributed by atoms with Gasteiger partial charge < -0.3 is 14.7 Å². The van der Waals surface area contributed by atoms with E-state index in [2.05, 4.69) is 10.3 Å². The van der Waals surface area contributed by atoms with Gasteiger partial charge in [-0.15, -0.1) is 0 Å². The predicted octanol–water partition coefficient (Wildman–Crippen LogP) is 3.51. The number of hydrogen-bond donors (Lipinski definition) is 2. The van der Waals surface area contributed by atoms with Gasteiger partial charge in [-0.05, 0) is 36.2 Å². The predicted molar refractivity (Wildman–Crippen MR) is 96.7 cm³/mol. The van der Waals surface area contributed by atoms with Crippen molar-refractivity contribution in [1.82, 2.24) is 10.3 Å². The fourth-order valence-corrected chi connectivity index (χ4v) is 3.02. The Labute approximate surface area is 143 Å². The first-order chi connectivity index (χ1) is 12.1. The molecule has 25 heavy (non-hydrogen) atoms. The fourth-order valence-electron chi connectivity index (χ4n) is 3.02. The maximum Gasteiger partial charge on any atom is 0.336 e. The van der Waals surface area contributed by atoms with Crippen molar-refractivity contribution < 1.29 is 9.21 Å². The van der Waals surface area contributed by atoms with E-state index in [1.54, 1.807) is 18.2 Å². The summed E-state index contributed by atoms with van der Waals surface area (Å²) >= 11 is 0. The maximum atomic E-state index is 12.4. The summed E-state index contributed by atoms with van der Waals surface area (Å²) in [6.07, 6.45) is 1.90. The van der Waals surface area contributed by atoms with Crippen LogP contribution in [0.25, 0.3) is 21.9 Å². The van der Waals surface area contributed by atoms with Gasteiger partial charge in [-0.25, -0.2) is 4.79 Å². The third-order valence-corrected chi connectivity index (χ3v) is 4.33. The third kappa shape index (κ3) is 2.80. The topological polar surface area (TPSA) is 75.1 Å². The summed E-state index contributed by atoms with van der Waals surface area (Å²) in [6.45, 7) is 2.26. The molecule has 4 aromatic rings. The van der Waals surface area contributed by atoms with Gasteiger partial charge in [-0.3, -0.25) is 4.79 Å². The molecule has 0 fully saturated rings. The van der Waals surface area contributed by atoms with Crippen LogP contribution >= 0.6 is 0 Å². The van der Waals surface area contributed by atoms with E-state index in [9.17, 15) is 9.59 Å². The second-order valence-electron chi connectivity index (χ2n) is 6.00. The van der Waals surface area contributed by atoms with Crippen molar-refractivity contribution in [3.05, 3.63) is 81.8 Å². The van der Waals surface area contributed by atoms with Gasteiger partial charge in [0, 0.05) is 40.7 Å². The summed E-state index contributed by atoms with van der Waals surface area (Å²) in [5.41, 5.74) is 3.35. The zero-order valence-electron chi connectivity index (χ0n) is 13.6. The number of fused-ring (bicyclic) bond motifs is 2. The molecule has 2 aromatic carbocycles. The lowest BCUT2D eigenvalue weighted by Crippen LogP contribution is -2.22. The molecule has 0 spiro atoms. The summed E-state index contributed by atoms with van der Waals surface area (Å²) in [5, 5.41) is 4.82. The zero-order chi connectivity index (χ0) is 17.4. The minimum absolute atomic E-state index is 0.212. The first-order valence-corrected chi connectivity index (χ1v) is 7.99. The second kappa shape index (κ2) is 5.94. The third-order valence-electron chi connectivity index (χ3n) is 4.33. The number of rotatable bonds is 3. The van der Waals surface area contributed by atoms with Crippen LogP contribution in [0.4, 0.5) is 0 Å². The lowest BCUT2D eigenvalue weighted by molar-refractivity contribution is 0.0951. The Morgan fingerprint density at radius 1 is 1.12 bits per heavy atom. The molecule has 124 valence electrons. The summed E-state index contributed by atoms with van der Waals surface area (Å²) < 4.78 is 5.20. The van der Waals surface area contributed by atoms with Crippen molar-refractivity contribution in [2.75, 3.05) is 0 Å². The number of carbonyl (C=O) groups is 1. The first-order valence-electron chi connectivity index (χ1n) is 7.99. The van der Waals surface area contributed by atoms with Crippen molar-refractivity contribution in [2.45, 2.75) is 13.5 Å². The van der Waals surface area contributed by atoms with Crippen LogP contribution in [0.2, 0.25) is 0 Å². The number of nitrogens with one attached hydrogen (secondary N) is 2. The maximum absolute atomic E-state index is 12.4. The van der Waals surface area contributed by atoms with E-state index >= 15 is 0 Å². The Morgan fingerprint density at radius 3 is 2.84 bits per heavy atom. The molecule has 0 saturated carbocycles. The van der Waals surface area contributed by atoms with Gasteiger partial charge in [0.25, 0.3) is 5.91 Å². The molecule has 2 heterocycles. The van der Waals surface area contributed by atoms with Crippen molar-refractivity contribution in [2.24, 2.45) is 0 Å². The van der Waals surface area contributed by atoms with E-state index in [1.165, 1.54) is 6.07 Å². The van der Waals surface area contributed by atoms with Crippen LogP contribution in [0.1, 0.15) is 21.5 Å². The highest BCUT2D eigenvalue weighted by Gasteiger charge is 2.10. The molecule has 2 N–H and O–H groups in total. The average molecular weight is 332 g/mol. The highest BCUT2D eigenvalue weighted by Crippen LogP contribution is 2.19. The van der Waals surface area contributed by atoms with E-state index < -0.39 is 5.63 Å². The lowest BCUT2D eigenvalue weighted by atomic mass is 10.1. The van der Waals surface area contributed by atoms with Crippen LogP contribution in [-0.4, -0.2) is 10.9 Å². The van der Waals surface area contributed by atoms with E-state index in [-0.39, 0.29) is 5.91 Å². The summed E-state index contributed by atoms with van der Waals surface area (Å²) in [4.78, 5) is 27.2. The van der Waals surface area contributed by atoms with Crippen molar-refractivity contribution in [1.29, 1.82) is 0 Å². The van der Waals surface area contributed by atoms with E-state index in [4.69, 9.17) is 4.42 Å². The first kappa shape index (κ1) is 15.2. The highest BCUT2D eigenvalue weighted by atomic mass is 16.4. The smallest absolute Gasteiger partial charge is 0.336 e. The summed E-state index contributed by atoms with van der Waals surface area (Å²) in [7, 11) is 0. The van der Waals surface area contributed by atoms with Gasteiger partial charge >= 0.3 is 5.63 Å². The SMILES string of the molecule is Cc1cc(=O)oc2cc(C(=O)NCc3c[nH]c4ccccc34)ccc12. The van der Waals surface area contributed by atoms with Crippen molar-refractivity contribution >= 4 is 27.8 Å². The van der Waals surface area contributed by atoms with Gasteiger partial charge in [0.05, 0.1) is 0 Å². The number of carbonyl (C=O) groups excluding carboxylic acids is 1. The Morgan fingerprint density at radius 2 is 1.96 bits per heavy atom. The van der Waals surface area contributed by atoms with E-state index in [1.807, 2.05) is 37.4 Å². The van der Waals surface area contributed by atoms with Gasteiger partial charge in [0.2, 0.25) is 0 Å². The van der Waals surface area contributed by atoms with E-state index in [0.29, 0.717) is 17.7 Å². The molecule has 0 bridgehead atoms. The number of hydrogen-bond acceptors (Lipinski definition) is 3. The molecule has 5 nitrogen and oxygen atoms in total. The number of para-hydroxylation sites is 1. The van der Waals surface area contributed by atoms with E-state index in [0.717, 1.165) is 27.4 Å². The lowest BCUT2D eigenvalue weighted by Gasteiger charge is -2.06. The normalized spacial score (nSPS) is 11.1. The number of benzene rings is 2. The summed E-state index contributed by atoms with van der Waals surface area (Å²) in [6, 6.07) is 14.5. The Bertz CT molecular complexity index is 1150. The quantitative estimate of drug-likeness (QED) is 0.564. The molecule has 1 amide bonds. The zero-order valence-corrected chi connectivity index (χ0v) is 13.6. The van der Waals surface area contributed by atoms with Crippen LogP contribution in [0.5, 0.6) is 0 Å². The number of aromatic nitrogens is 1. The Kier molecular flexibility index (Phi) is 3.61. The molecule has 2 aromatic heterocycles. The van der Waals surface area contributed by atoms with Crippen LogP contribution in [-0.2, 0) is 6.54 Å². The molecule has 0 saturated heterocycles. The van der Waals surface area contributed by atoms with Crippen molar-refractivity contribution in [3.63, 3.8) is 0 Å². The Balaban J connectivity index is 1.58. The molecule has 4 rings (SSSR count). The van der Waals surface area contributed by atoms with Gasteiger partial charge in [0.1, 0.15) is 5.58 Å². The molecule has 0 unspecified atom stereocenters. The van der Waals surface area contributed by atoms with Crippen LogP contribution in [0, 0.1) is 6.92 Å². The summed E-state index contributed by atoms with van der Waals surface area (Å²) in [5.74, 6) is -0.212. The van der Waals surface area contributed by atoms with Crippen LogP contribution < -0.4 is 10.9 Å². The van der Waals surface area contributed by atoms with Crippen LogP contribution in [0.3, 0.4) is 0 Å². The molecular formula is C20H16N2O3. The van der Waals surface area contributed by atoms with Gasteiger partial charge in [0.15, 0.2) is 0 Å². The standard InChI is InChI=1S/C20H16N2O3/c1-12-8-19(23)25-18-9-13(6-7-15(12)18)20(24)22-11-14-10-21-17-5-3-2-4-16(14)17/h2-10,21H,11H2,1H3,(H,22,24). The molecule has 0 aliphatic carbocycles. The number of amides is 1. The number of H-pyrrole nitrogens is 1. The van der Waals surface area contributed by atoms with Gasteiger partial charge in [-0.2, -0.15) is 0 Å². The minimum Gasteiger partial charge on any atom is -0.423 e. The number of aromatic amines is 1. The number of aryl methyl sites for hydroxylation is 1. The highest BCUT2D eigenvalue weighted by molar-refractivity contribution is 5.98. The molecule has 0 aliphatic heterocycles. The monoisotopic (exact) mass is 332 g/mol. The molecular weight excluding hydrogens is 316 g/mol. The largest absolute Gasteiger partial charge is 0.423 e. The van der Waals surface area contributed by atoms with Crippen LogP contribution in [0.15, 0.2) is 63.9 Å². The minimum atomic E-state index is -0.415. The fraction of sp³-hybridized carbons (Fsp3) is 0.100. The molecule has 5 heteroatoms. The van der Waals surface area contributed by atoms with Crippen molar-refractivity contribution in [3.8, 4) is 0 Å². The molecule has 0 atom stereocenters. The van der Waals surface area contributed by atoms with Gasteiger partial charge in [-0.1, -0.05) is 24.3 Å². The molecule has 0 aliphatic rings. The molecule has 0 radical (unpaired) electrons. The second-order valence-corrected chi connectivity index (χ2v) is 6.00. The average Bonchev–Trinajstić information content (AvgIpc) is 3.02. The Hall–Kier alpha value is -3.34.